The van der Waals surface area contributed by atoms with Crippen molar-refractivity contribution in [1.29, 1.82) is 0 Å². The van der Waals surface area contributed by atoms with Crippen LogP contribution in [0.2, 0.25) is 0 Å². The first-order chi connectivity index (χ1) is 4.04. The van der Waals surface area contributed by atoms with Crippen LogP contribution in [0.3, 0.4) is 0 Å². The van der Waals surface area contributed by atoms with Gasteiger partial charge in [0, 0.05) is 6.42 Å². The molecule has 0 aromatic rings. The van der Waals surface area contributed by atoms with E-state index in [2.05, 4.69) is 6.92 Å². The first-order valence-electron chi connectivity index (χ1n) is 2.41. The minimum Gasteiger partial charge on any atom is -0.248 e. The van der Waals surface area contributed by atoms with Crippen LogP contribution >= 0.6 is 0 Å². The second-order valence-electron chi connectivity index (χ2n) is 1.63. The molecule has 0 aliphatic heterocycles. The lowest BCUT2D eigenvalue weighted by Gasteiger charge is -2.15. The van der Waals surface area contributed by atoms with Crippen molar-refractivity contribution in [3.63, 3.8) is 0 Å². The van der Waals surface area contributed by atoms with E-state index in [0.717, 1.165) is 0 Å². The Morgan fingerprint density at radius 2 is 1.89 bits per heavy atom. The standard InChI is InChI=1S/C5H7F4/c1-2-5(8,9)4(7)3-6/h4H,1-3H2/t4-/m0/s1. The summed E-state index contributed by atoms with van der Waals surface area (Å²) in [7, 11) is 0. The summed E-state index contributed by atoms with van der Waals surface area (Å²) in [5.74, 6) is -3.60. The number of alkyl halides is 4. The molecule has 0 aromatic heterocycles. The van der Waals surface area contributed by atoms with E-state index in [4.69, 9.17) is 0 Å². The van der Waals surface area contributed by atoms with Crippen LogP contribution in [0.1, 0.15) is 6.42 Å². The predicted molar refractivity (Wildman–Crippen MR) is 25.8 cm³/mol. The van der Waals surface area contributed by atoms with Crippen molar-refractivity contribution in [2.45, 2.75) is 18.5 Å². The molecule has 0 saturated carbocycles. The van der Waals surface area contributed by atoms with Gasteiger partial charge in [-0.3, -0.25) is 0 Å². The largest absolute Gasteiger partial charge is 0.281 e. The highest BCUT2D eigenvalue weighted by Crippen LogP contribution is 2.24. The van der Waals surface area contributed by atoms with Gasteiger partial charge in [0.25, 0.3) is 5.92 Å². The van der Waals surface area contributed by atoms with Gasteiger partial charge in [-0.25, -0.2) is 17.6 Å². The average Bonchev–Trinajstić information content (AvgIpc) is 1.86. The molecule has 0 saturated heterocycles. The van der Waals surface area contributed by atoms with Crippen LogP contribution in [0.15, 0.2) is 0 Å². The molecule has 55 valence electrons. The molecule has 0 bridgehead atoms. The van der Waals surface area contributed by atoms with Gasteiger partial charge >= 0.3 is 0 Å². The van der Waals surface area contributed by atoms with Crippen molar-refractivity contribution in [3.8, 4) is 0 Å². The molecule has 0 rings (SSSR count). The Bertz CT molecular complexity index is 81.0. The van der Waals surface area contributed by atoms with Crippen LogP contribution in [0, 0.1) is 6.92 Å². The first kappa shape index (κ1) is 8.72. The van der Waals surface area contributed by atoms with Crippen LogP contribution < -0.4 is 0 Å². The van der Waals surface area contributed by atoms with Crippen molar-refractivity contribution in [2.75, 3.05) is 6.67 Å². The zero-order valence-electron chi connectivity index (χ0n) is 4.71. The minimum atomic E-state index is -3.60. The summed E-state index contributed by atoms with van der Waals surface area (Å²) in [4.78, 5) is 0. The Kier molecular flexibility index (Phi) is 2.94. The van der Waals surface area contributed by atoms with Crippen molar-refractivity contribution < 1.29 is 17.6 Å². The maximum atomic E-state index is 11.9. The Labute approximate surface area is 50.9 Å². The first-order valence-corrected chi connectivity index (χ1v) is 2.41. The van der Waals surface area contributed by atoms with Crippen molar-refractivity contribution in [1.82, 2.24) is 0 Å². The molecular weight excluding hydrogens is 136 g/mol. The Morgan fingerprint density at radius 1 is 1.44 bits per heavy atom. The van der Waals surface area contributed by atoms with E-state index in [1.54, 1.807) is 0 Å². The van der Waals surface area contributed by atoms with Gasteiger partial charge in [-0.15, -0.1) is 0 Å². The summed E-state index contributed by atoms with van der Waals surface area (Å²) in [6.45, 7) is 1.12. The van der Waals surface area contributed by atoms with Crippen LogP contribution in [0.5, 0.6) is 0 Å². The lowest BCUT2D eigenvalue weighted by atomic mass is 10.2. The van der Waals surface area contributed by atoms with Crippen LogP contribution in [0.4, 0.5) is 17.6 Å². The molecule has 0 amide bonds. The van der Waals surface area contributed by atoms with Gasteiger partial charge in [-0.2, -0.15) is 0 Å². The molecule has 4 heteroatoms. The van der Waals surface area contributed by atoms with E-state index in [9.17, 15) is 17.6 Å². The molecule has 0 N–H and O–H groups in total. The summed E-state index contributed by atoms with van der Waals surface area (Å²) in [5, 5.41) is 0. The fraction of sp³-hybridized carbons (Fsp3) is 0.800. The second-order valence-corrected chi connectivity index (χ2v) is 1.63. The molecular formula is C5H7F4. The number of rotatable bonds is 3. The lowest BCUT2D eigenvalue weighted by Crippen LogP contribution is -2.30. The van der Waals surface area contributed by atoms with Gasteiger partial charge in [0.15, 0.2) is 6.17 Å². The third kappa shape index (κ3) is 2.20. The molecule has 0 aromatic carbocycles. The van der Waals surface area contributed by atoms with Crippen LogP contribution in [-0.2, 0) is 0 Å². The maximum Gasteiger partial charge on any atom is 0.281 e. The number of halogens is 4. The van der Waals surface area contributed by atoms with Gasteiger partial charge in [0.05, 0.1) is 0 Å². The molecule has 0 spiro atoms. The van der Waals surface area contributed by atoms with Gasteiger partial charge < -0.3 is 0 Å². The maximum absolute atomic E-state index is 11.9. The summed E-state index contributed by atoms with van der Waals surface area (Å²) in [6, 6.07) is 0. The SMILES string of the molecule is [CH2]CC(F)(F)[C@@H](F)CF. The minimum absolute atomic E-state index is 0.905. The monoisotopic (exact) mass is 143 g/mol. The molecule has 0 heterocycles. The molecule has 1 radical (unpaired) electrons. The highest BCUT2D eigenvalue weighted by atomic mass is 19.3. The fourth-order valence-electron chi connectivity index (χ4n) is 0.269. The smallest absolute Gasteiger partial charge is 0.248 e. The van der Waals surface area contributed by atoms with Crippen LogP contribution in [0.25, 0.3) is 0 Å². The van der Waals surface area contributed by atoms with Gasteiger partial charge in [0.2, 0.25) is 0 Å². The van der Waals surface area contributed by atoms with E-state index in [1.165, 1.54) is 0 Å². The average molecular weight is 143 g/mol. The molecule has 1 atom stereocenters. The zero-order valence-corrected chi connectivity index (χ0v) is 4.71. The molecule has 9 heavy (non-hydrogen) atoms. The normalized spacial score (nSPS) is 15.7. The quantitative estimate of drug-likeness (QED) is 0.531. The lowest BCUT2D eigenvalue weighted by molar-refractivity contribution is -0.0766. The van der Waals surface area contributed by atoms with E-state index in [0.29, 0.717) is 0 Å². The van der Waals surface area contributed by atoms with E-state index >= 15 is 0 Å². The number of hydrogen-bond donors (Lipinski definition) is 0. The highest BCUT2D eigenvalue weighted by molar-refractivity contribution is 4.76. The number of hydrogen-bond acceptors (Lipinski definition) is 0. The molecule has 0 nitrogen and oxygen atoms in total. The van der Waals surface area contributed by atoms with Gasteiger partial charge in [-0.1, -0.05) is 0 Å². The fourth-order valence-corrected chi connectivity index (χ4v) is 0.269. The van der Waals surface area contributed by atoms with Crippen molar-refractivity contribution in [3.05, 3.63) is 6.92 Å². The van der Waals surface area contributed by atoms with Crippen molar-refractivity contribution in [2.24, 2.45) is 0 Å². The summed E-state index contributed by atoms with van der Waals surface area (Å²) >= 11 is 0. The highest BCUT2D eigenvalue weighted by Gasteiger charge is 2.37. The molecule has 0 fully saturated rings. The van der Waals surface area contributed by atoms with Crippen LogP contribution in [-0.4, -0.2) is 18.8 Å². The summed E-state index contributed by atoms with van der Waals surface area (Å²) in [5.41, 5.74) is 0. The second kappa shape index (κ2) is 3.03. The molecule has 0 aliphatic carbocycles. The third-order valence-corrected chi connectivity index (χ3v) is 0.927. The van der Waals surface area contributed by atoms with Gasteiger partial charge in [0.1, 0.15) is 6.67 Å². The Balaban J connectivity index is 3.80. The summed E-state index contributed by atoms with van der Waals surface area (Å²) < 4.78 is 46.7. The van der Waals surface area contributed by atoms with Gasteiger partial charge in [-0.05, 0) is 6.92 Å². The Morgan fingerprint density at radius 3 is 2.00 bits per heavy atom. The van der Waals surface area contributed by atoms with Crippen molar-refractivity contribution >= 4 is 0 Å². The topological polar surface area (TPSA) is 0 Å². The van der Waals surface area contributed by atoms with E-state index in [-0.39, 0.29) is 0 Å². The Hall–Kier alpha value is -0.280. The van der Waals surface area contributed by atoms with E-state index in [1.807, 2.05) is 0 Å². The molecule has 0 unspecified atom stereocenters. The third-order valence-electron chi connectivity index (χ3n) is 0.927. The zero-order chi connectivity index (χ0) is 7.49. The summed E-state index contributed by atoms with van der Waals surface area (Å²) in [6.07, 6.45) is -3.60. The van der Waals surface area contributed by atoms with E-state index < -0.39 is 25.2 Å². The molecule has 0 aliphatic rings. The predicted octanol–water partition coefficient (Wildman–Crippen LogP) is 2.15.